The molecule has 0 fully saturated rings. The van der Waals surface area contributed by atoms with Crippen molar-refractivity contribution in [3.63, 3.8) is 0 Å². The van der Waals surface area contributed by atoms with Gasteiger partial charge < -0.3 is 4.74 Å². The van der Waals surface area contributed by atoms with E-state index in [9.17, 15) is 0 Å². The zero-order chi connectivity index (χ0) is 14.9. The van der Waals surface area contributed by atoms with E-state index in [1.54, 1.807) is 7.11 Å². The fourth-order valence-corrected chi connectivity index (χ4v) is 3.40. The molecule has 0 N–H and O–H groups in total. The molecule has 1 unspecified atom stereocenters. The largest absolute Gasteiger partial charge is 0.497 e. The van der Waals surface area contributed by atoms with Gasteiger partial charge in [-0.2, -0.15) is 0 Å². The van der Waals surface area contributed by atoms with Crippen LogP contribution in [0.25, 0.3) is 0 Å². The van der Waals surface area contributed by atoms with Gasteiger partial charge in [0.2, 0.25) is 0 Å². The Morgan fingerprint density at radius 3 is 2.00 bits per heavy atom. The molecule has 0 aliphatic heterocycles. The average molecular weight is 289 g/mol. The molecule has 0 heterocycles. The molecule has 1 atom stereocenters. The maximum atomic E-state index is 6.75. The number of rotatable bonds is 3. The SMILES string of the molecule is COc1ccc(C(Cl)c2c(C)cc(C)cc2C)c(C)c1. The molecule has 0 aliphatic rings. The Kier molecular flexibility index (Phi) is 4.39. The zero-order valence-corrected chi connectivity index (χ0v) is 13.5. The van der Waals surface area contributed by atoms with E-state index < -0.39 is 0 Å². The van der Waals surface area contributed by atoms with Crippen LogP contribution in [0.5, 0.6) is 5.75 Å². The van der Waals surface area contributed by atoms with Crippen molar-refractivity contribution in [3.05, 3.63) is 63.7 Å². The molecule has 2 aromatic rings. The Morgan fingerprint density at radius 1 is 0.900 bits per heavy atom. The highest BCUT2D eigenvalue weighted by atomic mass is 35.5. The van der Waals surface area contributed by atoms with E-state index in [4.69, 9.17) is 16.3 Å². The van der Waals surface area contributed by atoms with E-state index in [0.717, 1.165) is 16.9 Å². The second-order valence-electron chi connectivity index (χ2n) is 5.40. The quantitative estimate of drug-likeness (QED) is 0.700. The van der Waals surface area contributed by atoms with Crippen molar-refractivity contribution in [2.24, 2.45) is 0 Å². The summed E-state index contributed by atoms with van der Waals surface area (Å²) in [6, 6.07) is 10.4. The minimum Gasteiger partial charge on any atom is -0.497 e. The molecule has 106 valence electrons. The molecule has 2 heteroatoms. The minimum absolute atomic E-state index is 0.124. The third kappa shape index (κ3) is 2.83. The van der Waals surface area contributed by atoms with Gasteiger partial charge in [0.15, 0.2) is 0 Å². The Balaban J connectivity index is 2.49. The number of benzene rings is 2. The molecular formula is C18H21ClO. The normalized spacial score (nSPS) is 12.3. The van der Waals surface area contributed by atoms with Gasteiger partial charge in [-0.25, -0.2) is 0 Å². The van der Waals surface area contributed by atoms with Gasteiger partial charge in [0, 0.05) is 0 Å². The first kappa shape index (κ1) is 14.9. The molecule has 0 aromatic heterocycles. The molecule has 0 saturated carbocycles. The second kappa shape index (κ2) is 5.88. The minimum atomic E-state index is -0.124. The molecule has 0 aliphatic carbocycles. The number of aryl methyl sites for hydroxylation is 4. The van der Waals surface area contributed by atoms with Gasteiger partial charge in [0.05, 0.1) is 12.5 Å². The number of hydrogen-bond donors (Lipinski definition) is 0. The van der Waals surface area contributed by atoms with Gasteiger partial charge in [-0.05, 0) is 67.6 Å². The third-order valence-electron chi connectivity index (χ3n) is 3.74. The van der Waals surface area contributed by atoms with Crippen molar-refractivity contribution >= 4 is 11.6 Å². The van der Waals surface area contributed by atoms with Gasteiger partial charge in [-0.15, -0.1) is 11.6 Å². The fraction of sp³-hybridized carbons (Fsp3) is 0.333. The third-order valence-corrected chi connectivity index (χ3v) is 4.19. The molecule has 2 aromatic carbocycles. The monoisotopic (exact) mass is 288 g/mol. The molecule has 2 rings (SSSR count). The standard InChI is InChI=1S/C18H21ClO/c1-11-8-13(3)17(14(4)9-11)18(19)16-7-6-15(20-5)10-12(16)2/h6-10,18H,1-5H3. The Bertz CT molecular complexity index is 608. The Labute approximate surface area is 126 Å². The van der Waals surface area contributed by atoms with E-state index in [2.05, 4.69) is 45.9 Å². The molecule has 20 heavy (non-hydrogen) atoms. The molecule has 0 radical (unpaired) electrons. The number of methoxy groups -OCH3 is 1. The smallest absolute Gasteiger partial charge is 0.119 e. The number of hydrogen-bond acceptors (Lipinski definition) is 1. The van der Waals surface area contributed by atoms with E-state index in [-0.39, 0.29) is 5.38 Å². The van der Waals surface area contributed by atoms with Crippen LogP contribution in [-0.2, 0) is 0 Å². The summed E-state index contributed by atoms with van der Waals surface area (Å²) in [5.41, 5.74) is 7.28. The molecule has 1 nitrogen and oxygen atoms in total. The molecule has 0 bridgehead atoms. The van der Waals surface area contributed by atoms with Crippen LogP contribution in [0.2, 0.25) is 0 Å². The number of halogens is 1. The van der Waals surface area contributed by atoms with Crippen LogP contribution in [0.3, 0.4) is 0 Å². The van der Waals surface area contributed by atoms with Crippen molar-refractivity contribution in [2.45, 2.75) is 33.1 Å². The fourth-order valence-electron chi connectivity index (χ4n) is 2.81. The van der Waals surface area contributed by atoms with Crippen LogP contribution >= 0.6 is 11.6 Å². The molecule has 0 spiro atoms. The van der Waals surface area contributed by atoms with Crippen molar-refractivity contribution in [2.75, 3.05) is 7.11 Å². The van der Waals surface area contributed by atoms with Crippen LogP contribution in [0, 0.1) is 27.7 Å². The number of ether oxygens (including phenoxy) is 1. The Hall–Kier alpha value is -1.47. The maximum Gasteiger partial charge on any atom is 0.119 e. The van der Waals surface area contributed by atoms with E-state index in [1.165, 1.54) is 22.3 Å². The van der Waals surface area contributed by atoms with Crippen LogP contribution in [0.15, 0.2) is 30.3 Å². The summed E-state index contributed by atoms with van der Waals surface area (Å²) >= 11 is 6.75. The maximum absolute atomic E-state index is 6.75. The topological polar surface area (TPSA) is 9.23 Å². The van der Waals surface area contributed by atoms with Crippen LogP contribution < -0.4 is 4.74 Å². The average Bonchev–Trinajstić information content (AvgIpc) is 2.37. The van der Waals surface area contributed by atoms with Crippen LogP contribution in [-0.4, -0.2) is 7.11 Å². The summed E-state index contributed by atoms with van der Waals surface area (Å²) in [4.78, 5) is 0. The lowest BCUT2D eigenvalue weighted by atomic mass is 9.92. The first-order valence-electron chi connectivity index (χ1n) is 6.80. The Morgan fingerprint density at radius 2 is 1.50 bits per heavy atom. The first-order valence-corrected chi connectivity index (χ1v) is 7.24. The van der Waals surface area contributed by atoms with Gasteiger partial charge in [-0.1, -0.05) is 23.8 Å². The van der Waals surface area contributed by atoms with E-state index in [0.29, 0.717) is 0 Å². The lowest BCUT2D eigenvalue weighted by Crippen LogP contribution is -2.02. The van der Waals surface area contributed by atoms with Gasteiger partial charge >= 0.3 is 0 Å². The molecule has 0 amide bonds. The van der Waals surface area contributed by atoms with E-state index in [1.807, 2.05) is 12.1 Å². The summed E-state index contributed by atoms with van der Waals surface area (Å²) in [6.07, 6.45) is 0. The van der Waals surface area contributed by atoms with Crippen molar-refractivity contribution in [1.29, 1.82) is 0 Å². The van der Waals surface area contributed by atoms with Gasteiger partial charge in [0.1, 0.15) is 5.75 Å². The van der Waals surface area contributed by atoms with Crippen LogP contribution in [0.1, 0.15) is 38.8 Å². The van der Waals surface area contributed by atoms with E-state index >= 15 is 0 Å². The lowest BCUT2D eigenvalue weighted by Gasteiger charge is -2.19. The second-order valence-corrected chi connectivity index (χ2v) is 5.83. The van der Waals surface area contributed by atoms with Crippen molar-refractivity contribution in [3.8, 4) is 5.75 Å². The van der Waals surface area contributed by atoms with Crippen molar-refractivity contribution < 1.29 is 4.74 Å². The zero-order valence-electron chi connectivity index (χ0n) is 12.8. The van der Waals surface area contributed by atoms with Gasteiger partial charge in [0.25, 0.3) is 0 Å². The summed E-state index contributed by atoms with van der Waals surface area (Å²) < 4.78 is 5.26. The lowest BCUT2D eigenvalue weighted by molar-refractivity contribution is 0.414. The molecule has 0 saturated heterocycles. The van der Waals surface area contributed by atoms with Gasteiger partial charge in [-0.3, -0.25) is 0 Å². The highest BCUT2D eigenvalue weighted by Gasteiger charge is 2.18. The van der Waals surface area contributed by atoms with Crippen LogP contribution in [0.4, 0.5) is 0 Å². The van der Waals surface area contributed by atoms with Crippen molar-refractivity contribution in [1.82, 2.24) is 0 Å². The summed E-state index contributed by atoms with van der Waals surface area (Å²) in [6.45, 7) is 8.45. The molecular weight excluding hydrogens is 268 g/mol. The highest BCUT2D eigenvalue weighted by molar-refractivity contribution is 6.23. The predicted octanol–water partition coefficient (Wildman–Crippen LogP) is 5.26. The predicted molar refractivity (Wildman–Crippen MR) is 86.1 cm³/mol. The summed E-state index contributed by atoms with van der Waals surface area (Å²) in [5.74, 6) is 0.868. The highest BCUT2D eigenvalue weighted by Crippen LogP contribution is 2.36. The first-order chi connectivity index (χ1) is 9.43. The summed E-state index contributed by atoms with van der Waals surface area (Å²) in [7, 11) is 1.68. The summed E-state index contributed by atoms with van der Waals surface area (Å²) in [5, 5.41) is -0.124. The number of alkyl halides is 1.